The van der Waals surface area contributed by atoms with Gasteiger partial charge in [0.05, 0.1) is 11.8 Å². The monoisotopic (exact) mass is 253 g/mol. The van der Waals surface area contributed by atoms with Crippen molar-refractivity contribution >= 4 is 16.9 Å². The van der Waals surface area contributed by atoms with Crippen LogP contribution < -0.4 is 5.32 Å². The molecular weight excluding hydrogens is 238 g/mol. The largest absolute Gasteiger partial charge is 0.354 e. The molecule has 0 unspecified atom stereocenters. The van der Waals surface area contributed by atoms with E-state index < -0.39 is 0 Å². The lowest BCUT2D eigenvalue weighted by Crippen LogP contribution is -2.08. The van der Waals surface area contributed by atoms with Crippen molar-refractivity contribution < 1.29 is 0 Å². The first-order valence-electron chi connectivity index (χ1n) is 6.33. The molecule has 0 radical (unpaired) electrons. The van der Waals surface area contributed by atoms with Gasteiger partial charge in [-0.25, -0.2) is 15.0 Å². The lowest BCUT2D eigenvalue weighted by Gasteiger charge is -2.06. The summed E-state index contributed by atoms with van der Waals surface area (Å²) in [6, 6.07) is 7.98. The highest BCUT2D eigenvalue weighted by molar-refractivity contribution is 5.78. The zero-order chi connectivity index (χ0) is 12.9. The quantitative estimate of drug-likeness (QED) is 0.709. The van der Waals surface area contributed by atoms with E-state index in [9.17, 15) is 0 Å². The van der Waals surface area contributed by atoms with Crippen LogP contribution in [0.3, 0.4) is 0 Å². The number of hydrogen-bond acceptors (Lipinski definition) is 4. The summed E-state index contributed by atoms with van der Waals surface area (Å²) in [6.45, 7) is 1.79. The molecule has 0 bridgehead atoms. The summed E-state index contributed by atoms with van der Waals surface area (Å²) in [5, 5.41) is 4.30. The van der Waals surface area contributed by atoms with Gasteiger partial charge in [-0.1, -0.05) is 18.2 Å². The fourth-order valence-electron chi connectivity index (χ4n) is 1.94. The van der Waals surface area contributed by atoms with Gasteiger partial charge < -0.3 is 9.88 Å². The highest BCUT2D eigenvalue weighted by Gasteiger charge is 1.98. The van der Waals surface area contributed by atoms with Crippen LogP contribution in [-0.2, 0) is 6.54 Å². The second-order valence-electron chi connectivity index (χ2n) is 4.33. The van der Waals surface area contributed by atoms with Gasteiger partial charge in [0, 0.05) is 37.1 Å². The van der Waals surface area contributed by atoms with Gasteiger partial charge in [0.15, 0.2) is 0 Å². The summed E-state index contributed by atoms with van der Waals surface area (Å²) in [4.78, 5) is 12.8. The number of aryl methyl sites for hydroxylation is 1. The fourth-order valence-corrected chi connectivity index (χ4v) is 1.94. The molecule has 19 heavy (non-hydrogen) atoms. The Morgan fingerprint density at radius 3 is 3.05 bits per heavy atom. The van der Waals surface area contributed by atoms with Crippen molar-refractivity contribution in [2.45, 2.75) is 13.0 Å². The molecule has 2 aromatic heterocycles. The highest BCUT2D eigenvalue weighted by atomic mass is 15.1. The summed E-state index contributed by atoms with van der Waals surface area (Å²) >= 11 is 0. The average molecular weight is 253 g/mol. The number of benzene rings is 1. The second-order valence-corrected chi connectivity index (χ2v) is 4.33. The lowest BCUT2D eigenvalue weighted by molar-refractivity contribution is 0.659. The van der Waals surface area contributed by atoms with Crippen molar-refractivity contribution in [2.75, 3.05) is 11.9 Å². The number of para-hydroxylation sites is 1. The molecule has 0 aliphatic heterocycles. The summed E-state index contributed by atoms with van der Waals surface area (Å²) in [7, 11) is 0. The maximum atomic E-state index is 4.47. The first-order valence-corrected chi connectivity index (χ1v) is 6.33. The maximum Gasteiger partial charge on any atom is 0.223 e. The third-order valence-electron chi connectivity index (χ3n) is 2.92. The van der Waals surface area contributed by atoms with Gasteiger partial charge in [-0.05, 0) is 12.5 Å². The number of imidazole rings is 1. The Balaban J connectivity index is 1.56. The summed E-state index contributed by atoms with van der Waals surface area (Å²) in [6.07, 6.45) is 8.44. The van der Waals surface area contributed by atoms with Crippen molar-refractivity contribution in [1.29, 1.82) is 0 Å². The smallest absolute Gasteiger partial charge is 0.223 e. The summed E-state index contributed by atoms with van der Waals surface area (Å²) in [5.41, 5.74) is 0.967. The Kier molecular flexibility index (Phi) is 3.36. The van der Waals surface area contributed by atoms with E-state index in [1.807, 2.05) is 43.0 Å². The molecule has 1 aromatic carbocycles. The van der Waals surface area contributed by atoms with Gasteiger partial charge in [0.2, 0.25) is 5.95 Å². The lowest BCUT2D eigenvalue weighted by atomic mass is 10.2. The average Bonchev–Trinajstić information content (AvgIpc) is 2.97. The SMILES string of the molecule is c1ccc2nc(NCCCn3ccnc3)ncc2c1. The zero-order valence-corrected chi connectivity index (χ0v) is 10.5. The predicted octanol–water partition coefficient (Wildman–Crippen LogP) is 2.33. The molecule has 2 heterocycles. The van der Waals surface area contributed by atoms with Gasteiger partial charge in [-0.2, -0.15) is 0 Å². The molecule has 96 valence electrons. The molecule has 0 spiro atoms. The molecule has 0 aliphatic carbocycles. The molecule has 0 aliphatic rings. The summed E-state index contributed by atoms with van der Waals surface area (Å²) < 4.78 is 2.06. The maximum absolute atomic E-state index is 4.47. The van der Waals surface area contributed by atoms with Gasteiger partial charge in [-0.3, -0.25) is 0 Å². The Bertz CT molecular complexity index is 648. The van der Waals surface area contributed by atoms with Gasteiger partial charge in [0.1, 0.15) is 0 Å². The van der Waals surface area contributed by atoms with Crippen molar-refractivity contribution in [3.8, 4) is 0 Å². The fraction of sp³-hybridized carbons (Fsp3) is 0.214. The first-order chi connectivity index (χ1) is 9.42. The number of anilines is 1. The molecule has 5 heteroatoms. The van der Waals surface area contributed by atoms with Crippen molar-refractivity contribution in [2.24, 2.45) is 0 Å². The Hall–Kier alpha value is -2.43. The highest BCUT2D eigenvalue weighted by Crippen LogP contribution is 2.11. The number of fused-ring (bicyclic) bond motifs is 1. The van der Waals surface area contributed by atoms with Gasteiger partial charge in [-0.15, -0.1) is 0 Å². The molecule has 5 nitrogen and oxygen atoms in total. The van der Waals surface area contributed by atoms with Gasteiger partial charge >= 0.3 is 0 Å². The van der Waals surface area contributed by atoms with E-state index >= 15 is 0 Å². The number of aromatic nitrogens is 4. The van der Waals surface area contributed by atoms with Crippen LogP contribution in [0.15, 0.2) is 49.2 Å². The van der Waals surface area contributed by atoms with Crippen LogP contribution in [0.4, 0.5) is 5.95 Å². The van der Waals surface area contributed by atoms with E-state index in [-0.39, 0.29) is 0 Å². The number of nitrogens with zero attached hydrogens (tertiary/aromatic N) is 4. The topological polar surface area (TPSA) is 55.6 Å². The normalized spacial score (nSPS) is 10.7. The molecule has 0 amide bonds. The number of nitrogens with one attached hydrogen (secondary N) is 1. The van der Waals surface area contributed by atoms with Crippen LogP contribution in [-0.4, -0.2) is 26.1 Å². The van der Waals surface area contributed by atoms with Crippen molar-refractivity contribution in [3.63, 3.8) is 0 Å². The Morgan fingerprint density at radius 2 is 2.16 bits per heavy atom. The number of hydrogen-bond donors (Lipinski definition) is 1. The standard InChI is InChI=1S/C14H15N5/c1-2-5-13-12(4-1)10-17-14(18-13)16-6-3-8-19-9-7-15-11-19/h1-2,4-5,7,9-11H,3,6,8H2,(H,16,17,18). The molecule has 3 rings (SSSR count). The molecule has 0 saturated carbocycles. The van der Waals surface area contributed by atoms with E-state index in [2.05, 4.69) is 24.8 Å². The summed E-state index contributed by atoms with van der Waals surface area (Å²) in [5.74, 6) is 0.685. The van der Waals surface area contributed by atoms with Crippen molar-refractivity contribution in [3.05, 3.63) is 49.2 Å². The van der Waals surface area contributed by atoms with Gasteiger partial charge in [0.25, 0.3) is 0 Å². The zero-order valence-electron chi connectivity index (χ0n) is 10.5. The van der Waals surface area contributed by atoms with E-state index in [1.54, 1.807) is 6.20 Å². The minimum atomic E-state index is 0.685. The minimum absolute atomic E-state index is 0.685. The van der Waals surface area contributed by atoms with Crippen LogP contribution in [0.25, 0.3) is 10.9 Å². The van der Waals surface area contributed by atoms with E-state index in [0.717, 1.165) is 30.4 Å². The van der Waals surface area contributed by atoms with Crippen LogP contribution in [0.1, 0.15) is 6.42 Å². The predicted molar refractivity (Wildman–Crippen MR) is 74.9 cm³/mol. The molecule has 3 aromatic rings. The van der Waals surface area contributed by atoms with Crippen LogP contribution in [0, 0.1) is 0 Å². The van der Waals surface area contributed by atoms with Crippen LogP contribution >= 0.6 is 0 Å². The molecule has 0 atom stereocenters. The van der Waals surface area contributed by atoms with Crippen LogP contribution in [0.5, 0.6) is 0 Å². The Labute approximate surface area is 111 Å². The minimum Gasteiger partial charge on any atom is -0.354 e. The third kappa shape index (κ3) is 2.88. The second kappa shape index (κ2) is 5.48. The number of rotatable bonds is 5. The van der Waals surface area contributed by atoms with Crippen LogP contribution in [0.2, 0.25) is 0 Å². The molecule has 1 N–H and O–H groups in total. The van der Waals surface area contributed by atoms with Crippen molar-refractivity contribution in [1.82, 2.24) is 19.5 Å². The van der Waals surface area contributed by atoms with E-state index in [0.29, 0.717) is 5.95 Å². The molecule has 0 fully saturated rings. The van der Waals surface area contributed by atoms with E-state index in [1.165, 1.54) is 0 Å². The molecule has 0 saturated heterocycles. The first kappa shape index (κ1) is 11.6. The third-order valence-corrected chi connectivity index (χ3v) is 2.92. The molecular formula is C14H15N5. The van der Waals surface area contributed by atoms with E-state index in [4.69, 9.17) is 0 Å². The Morgan fingerprint density at radius 1 is 1.21 bits per heavy atom.